The Bertz CT molecular complexity index is 630. The fourth-order valence-corrected chi connectivity index (χ4v) is 4.11. The minimum absolute atomic E-state index is 0.0222. The molecule has 1 aromatic heterocycles. The SMILES string of the molecule is Cc1csc(SCC(=O)N2CCO[C@H](c3ccccc3)C2)n1. The molecule has 4 nitrogen and oxygen atoms in total. The van der Waals surface area contributed by atoms with Gasteiger partial charge in [0.05, 0.1) is 18.9 Å². The predicted molar refractivity (Wildman–Crippen MR) is 89.3 cm³/mol. The molecule has 116 valence electrons. The van der Waals surface area contributed by atoms with Gasteiger partial charge in [-0.15, -0.1) is 11.3 Å². The lowest BCUT2D eigenvalue weighted by Gasteiger charge is -2.33. The first kappa shape index (κ1) is 15.5. The average molecular weight is 334 g/mol. The molecule has 3 rings (SSSR count). The molecule has 0 saturated carbocycles. The molecule has 1 aliphatic heterocycles. The van der Waals surface area contributed by atoms with Crippen molar-refractivity contribution in [2.24, 2.45) is 0 Å². The highest BCUT2D eigenvalue weighted by Gasteiger charge is 2.25. The number of aryl methyl sites for hydroxylation is 1. The molecule has 1 atom stereocenters. The van der Waals surface area contributed by atoms with Crippen LogP contribution in [0.1, 0.15) is 17.4 Å². The van der Waals surface area contributed by atoms with Crippen molar-refractivity contribution in [3.8, 4) is 0 Å². The maximum atomic E-state index is 12.4. The zero-order valence-electron chi connectivity index (χ0n) is 12.4. The number of ether oxygens (including phenoxy) is 1. The maximum Gasteiger partial charge on any atom is 0.233 e. The number of rotatable bonds is 4. The Morgan fingerprint density at radius 3 is 3.00 bits per heavy atom. The predicted octanol–water partition coefficient (Wildman–Crippen LogP) is 3.14. The van der Waals surface area contributed by atoms with E-state index in [0.717, 1.165) is 15.6 Å². The van der Waals surface area contributed by atoms with Crippen LogP contribution >= 0.6 is 23.1 Å². The lowest BCUT2D eigenvalue weighted by molar-refractivity contribution is -0.136. The first-order valence-electron chi connectivity index (χ1n) is 7.21. The van der Waals surface area contributed by atoms with E-state index in [-0.39, 0.29) is 12.0 Å². The fourth-order valence-electron chi connectivity index (χ4n) is 2.36. The minimum Gasteiger partial charge on any atom is -0.370 e. The Balaban J connectivity index is 1.56. The largest absolute Gasteiger partial charge is 0.370 e. The third kappa shape index (κ3) is 3.88. The molecule has 2 heterocycles. The summed E-state index contributed by atoms with van der Waals surface area (Å²) >= 11 is 3.11. The Kier molecular flexibility index (Phi) is 5.12. The van der Waals surface area contributed by atoms with E-state index in [4.69, 9.17) is 4.74 Å². The third-order valence-electron chi connectivity index (χ3n) is 3.51. The quantitative estimate of drug-likeness (QED) is 0.806. The van der Waals surface area contributed by atoms with Gasteiger partial charge < -0.3 is 9.64 Å². The van der Waals surface area contributed by atoms with Crippen molar-refractivity contribution in [1.82, 2.24) is 9.88 Å². The summed E-state index contributed by atoms with van der Waals surface area (Å²) in [5.74, 6) is 0.594. The Labute approximate surface area is 138 Å². The average Bonchev–Trinajstić information content (AvgIpc) is 2.99. The number of hydrogen-bond donors (Lipinski definition) is 0. The zero-order chi connectivity index (χ0) is 15.4. The summed E-state index contributed by atoms with van der Waals surface area (Å²) in [4.78, 5) is 18.7. The van der Waals surface area contributed by atoms with Crippen LogP contribution in [-0.4, -0.2) is 41.2 Å². The van der Waals surface area contributed by atoms with E-state index in [1.165, 1.54) is 11.8 Å². The number of thioether (sulfide) groups is 1. The summed E-state index contributed by atoms with van der Waals surface area (Å²) in [6.07, 6.45) is -0.0222. The number of aromatic nitrogens is 1. The van der Waals surface area contributed by atoms with Crippen molar-refractivity contribution in [3.63, 3.8) is 0 Å². The van der Waals surface area contributed by atoms with Gasteiger partial charge in [-0.25, -0.2) is 4.98 Å². The van der Waals surface area contributed by atoms with Crippen LogP contribution in [0.15, 0.2) is 40.1 Å². The van der Waals surface area contributed by atoms with Crippen LogP contribution in [0, 0.1) is 6.92 Å². The van der Waals surface area contributed by atoms with Crippen molar-refractivity contribution in [3.05, 3.63) is 47.0 Å². The van der Waals surface area contributed by atoms with Gasteiger partial charge in [-0.1, -0.05) is 42.1 Å². The lowest BCUT2D eigenvalue weighted by atomic mass is 10.1. The fraction of sp³-hybridized carbons (Fsp3) is 0.375. The van der Waals surface area contributed by atoms with Crippen LogP contribution in [0.3, 0.4) is 0 Å². The molecule has 2 aromatic rings. The first-order chi connectivity index (χ1) is 10.7. The molecule has 0 unspecified atom stereocenters. The first-order valence-corrected chi connectivity index (χ1v) is 9.08. The zero-order valence-corrected chi connectivity index (χ0v) is 14.0. The summed E-state index contributed by atoms with van der Waals surface area (Å²) in [5, 5.41) is 2.01. The molecule has 1 amide bonds. The Hall–Kier alpha value is -1.37. The van der Waals surface area contributed by atoms with Gasteiger partial charge in [0.25, 0.3) is 0 Å². The van der Waals surface area contributed by atoms with Gasteiger partial charge in [0, 0.05) is 17.6 Å². The molecular weight excluding hydrogens is 316 g/mol. The van der Waals surface area contributed by atoms with Crippen molar-refractivity contribution >= 4 is 29.0 Å². The second-order valence-electron chi connectivity index (χ2n) is 5.15. The number of carbonyl (C=O) groups is 1. The molecule has 1 saturated heterocycles. The van der Waals surface area contributed by atoms with E-state index < -0.39 is 0 Å². The highest BCUT2D eigenvalue weighted by atomic mass is 32.2. The van der Waals surface area contributed by atoms with E-state index in [9.17, 15) is 4.79 Å². The Morgan fingerprint density at radius 2 is 2.27 bits per heavy atom. The number of nitrogens with zero attached hydrogens (tertiary/aromatic N) is 2. The minimum atomic E-state index is -0.0222. The van der Waals surface area contributed by atoms with Gasteiger partial charge in [0.2, 0.25) is 5.91 Å². The molecule has 0 radical (unpaired) electrons. The lowest BCUT2D eigenvalue weighted by Crippen LogP contribution is -2.43. The van der Waals surface area contributed by atoms with E-state index in [1.54, 1.807) is 11.3 Å². The van der Waals surface area contributed by atoms with E-state index in [2.05, 4.69) is 4.98 Å². The highest BCUT2D eigenvalue weighted by molar-refractivity contribution is 8.01. The van der Waals surface area contributed by atoms with Gasteiger partial charge >= 0.3 is 0 Å². The molecule has 1 aromatic carbocycles. The van der Waals surface area contributed by atoms with E-state index >= 15 is 0 Å². The topological polar surface area (TPSA) is 42.4 Å². The van der Waals surface area contributed by atoms with Gasteiger partial charge in [0.15, 0.2) is 4.34 Å². The molecule has 0 spiro atoms. The van der Waals surface area contributed by atoms with Crippen molar-refractivity contribution in [2.75, 3.05) is 25.4 Å². The van der Waals surface area contributed by atoms with E-state index in [0.29, 0.717) is 25.4 Å². The van der Waals surface area contributed by atoms with Crippen LogP contribution < -0.4 is 0 Å². The number of amides is 1. The van der Waals surface area contributed by atoms with Crippen LogP contribution in [0.2, 0.25) is 0 Å². The van der Waals surface area contributed by atoms with Crippen molar-refractivity contribution in [2.45, 2.75) is 17.4 Å². The van der Waals surface area contributed by atoms with Gasteiger partial charge in [-0.05, 0) is 12.5 Å². The monoisotopic (exact) mass is 334 g/mol. The standard InChI is InChI=1S/C16H18N2O2S2/c1-12-10-21-16(17-12)22-11-15(19)18-7-8-20-14(9-18)13-5-3-2-4-6-13/h2-6,10,14H,7-9,11H2,1H3/t14-/m0/s1. The second kappa shape index (κ2) is 7.26. The van der Waals surface area contributed by atoms with E-state index in [1.807, 2.05) is 47.5 Å². The van der Waals surface area contributed by atoms with Gasteiger partial charge in [0.1, 0.15) is 6.10 Å². The molecule has 0 bridgehead atoms. The molecule has 6 heteroatoms. The number of carbonyl (C=O) groups excluding carboxylic acids is 1. The summed E-state index contributed by atoms with van der Waals surface area (Å²) in [6, 6.07) is 10.1. The summed E-state index contributed by atoms with van der Waals surface area (Å²) in [7, 11) is 0. The van der Waals surface area contributed by atoms with Crippen LogP contribution in [-0.2, 0) is 9.53 Å². The normalized spacial score (nSPS) is 18.4. The highest BCUT2D eigenvalue weighted by Crippen LogP contribution is 2.25. The maximum absolute atomic E-state index is 12.4. The number of morpholine rings is 1. The molecule has 0 aliphatic carbocycles. The van der Waals surface area contributed by atoms with Crippen LogP contribution in [0.4, 0.5) is 0 Å². The van der Waals surface area contributed by atoms with Crippen molar-refractivity contribution in [1.29, 1.82) is 0 Å². The van der Waals surface area contributed by atoms with Gasteiger partial charge in [-0.2, -0.15) is 0 Å². The molecule has 0 N–H and O–H groups in total. The van der Waals surface area contributed by atoms with Gasteiger partial charge in [-0.3, -0.25) is 4.79 Å². The molecule has 22 heavy (non-hydrogen) atoms. The summed E-state index contributed by atoms with van der Waals surface area (Å²) < 4.78 is 6.76. The van der Waals surface area contributed by atoms with Crippen molar-refractivity contribution < 1.29 is 9.53 Å². The molecule has 1 aliphatic rings. The summed E-state index contributed by atoms with van der Waals surface area (Å²) in [6.45, 7) is 3.85. The molecule has 1 fully saturated rings. The number of thiazole rings is 1. The number of hydrogen-bond acceptors (Lipinski definition) is 5. The second-order valence-corrected chi connectivity index (χ2v) is 7.23. The molecular formula is C16H18N2O2S2. The Morgan fingerprint density at radius 1 is 1.45 bits per heavy atom. The summed E-state index contributed by atoms with van der Waals surface area (Å²) in [5.41, 5.74) is 2.14. The van der Waals surface area contributed by atoms with Crippen LogP contribution in [0.5, 0.6) is 0 Å². The third-order valence-corrected chi connectivity index (χ3v) is 5.63. The smallest absolute Gasteiger partial charge is 0.233 e. The number of benzene rings is 1. The van der Waals surface area contributed by atoms with Crippen LogP contribution in [0.25, 0.3) is 0 Å².